The molecule has 14 heavy (non-hydrogen) atoms. The number of H-pyrrole nitrogens is 1. The molecule has 0 saturated carbocycles. The van der Waals surface area contributed by atoms with Gasteiger partial charge in [-0.15, -0.1) is 0 Å². The van der Waals surface area contributed by atoms with Crippen molar-refractivity contribution in [1.29, 1.82) is 0 Å². The average Bonchev–Trinajstić information content (AvgIpc) is 2.59. The van der Waals surface area contributed by atoms with Crippen molar-refractivity contribution in [2.24, 2.45) is 5.73 Å². The first kappa shape index (κ1) is 7.55. The number of aromatic amines is 1. The van der Waals surface area contributed by atoms with E-state index in [1.54, 1.807) is 12.1 Å². The van der Waals surface area contributed by atoms with E-state index in [-0.39, 0.29) is 12.3 Å². The molecule has 0 bridgehead atoms. The van der Waals surface area contributed by atoms with E-state index < -0.39 is 0 Å². The first-order chi connectivity index (χ1) is 7.18. The highest BCUT2D eigenvalue weighted by atomic mass is 16.1. The van der Waals surface area contributed by atoms with Crippen LogP contribution in [-0.2, 0) is 11.2 Å². The molecule has 1 heterocycles. The average molecular weight is 190 g/mol. The van der Waals surface area contributed by atoms with Crippen LogP contribution >= 0.6 is 0 Å². The molecule has 72 valence electrons. The number of aromatic nitrogens is 2. The third-order valence-electron chi connectivity index (χ3n) is 2.06. The highest BCUT2D eigenvalue weighted by molar-refractivity contribution is 5.82. The number of carbonyl (C=O) groups is 1. The van der Waals surface area contributed by atoms with Crippen molar-refractivity contribution in [1.82, 2.24) is 10.2 Å². The molecule has 3 N–H and O–H groups in total. The van der Waals surface area contributed by atoms with Gasteiger partial charge in [-0.3, -0.25) is 9.89 Å². The number of carbonyl (C=O) groups excluding carboxylic acids is 1. The second-order valence-electron chi connectivity index (χ2n) is 3.10. The molecule has 1 aromatic carbocycles. The molecule has 4 nitrogen and oxygen atoms in total. The van der Waals surface area contributed by atoms with Crippen molar-refractivity contribution in [3.8, 4) is 0 Å². The van der Waals surface area contributed by atoms with Gasteiger partial charge in [-0.1, -0.05) is 18.2 Å². The summed E-state index contributed by atoms with van der Waals surface area (Å²) in [5.41, 5.74) is 6.62. The maximum Gasteiger partial charge on any atom is 0.217 e. The Bertz CT molecular complexity index is 506. The van der Waals surface area contributed by atoms with Crippen molar-refractivity contribution < 1.29 is 6.17 Å². The Labute approximate surface area is 82.5 Å². The minimum absolute atomic E-state index is 0.258. The summed E-state index contributed by atoms with van der Waals surface area (Å²) in [6, 6.07) is 5.77. The van der Waals surface area contributed by atoms with Crippen LogP contribution in [0.3, 0.4) is 0 Å². The Morgan fingerprint density at radius 1 is 1.64 bits per heavy atom. The number of nitrogens with two attached hydrogens (primary N) is 1. The third kappa shape index (κ3) is 1.59. The molecule has 0 saturated heterocycles. The van der Waals surface area contributed by atoms with Crippen LogP contribution in [0.1, 0.15) is 13.5 Å². The largest absolute Gasteiger partial charge is 0.370 e. The van der Waals surface area contributed by atoms with Crippen LogP contribution in [0, 0.1) is 0 Å². The molecular weight excluding hydrogens is 178 g/mol. The molecule has 1 aromatic heterocycles. The molecule has 0 unspecified atom stereocenters. The molecule has 0 fully saturated rings. The first-order valence-electron chi connectivity index (χ1n) is 4.89. The SMILES string of the molecule is [2H]c1cccc2[nH]nc(CCC(N)=O)c12. The van der Waals surface area contributed by atoms with Crippen molar-refractivity contribution in [3.63, 3.8) is 0 Å². The highest BCUT2D eigenvalue weighted by Gasteiger charge is 2.05. The zero-order chi connectivity index (χ0) is 10.8. The van der Waals surface area contributed by atoms with Crippen LogP contribution in [0.15, 0.2) is 24.2 Å². The number of para-hydroxylation sites is 1. The molecule has 2 rings (SSSR count). The van der Waals surface area contributed by atoms with E-state index in [1.807, 2.05) is 6.07 Å². The van der Waals surface area contributed by atoms with E-state index in [1.165, 1.54) is 0 Å². The van der Waals surface area contributed by atoms with Gasteiger partial charge < -0.3 is 5.73 Å². The van der Waals surface area contributed by atoms with Gasteiger partial charge in [0.15, 0.2) is 0 Å². The van der Waals surface area contributed by atoms with Gasteiger partial charge in [0.05, 0.1) is 12.6 Å². The molecule has 0 spiro atoms. The van der Waals surface area contributed by atoms with Crippen molar-refractivity contribution in [2.45, 2.75) is 12.8 Å². The van der Waals surface area contributed by atoms with Gasteiger partial charge in [0.1, 0.15) is 0 Å². The Balaban J connectivity index is 2.39. The summed E-state index contributed by atoms with van der Waals surface area (Å²) in [5.74, 6) is -0.353. The van der Waals surface area contributed by atoms with Gasteiger partial charge in [0.25, 0.3) is 0 Å². The molecule has 0 aliphatic rings. The lowest BCUT2D eigenvalue weighted by Gasteiger charge is -1.93. The summed E-state index contributed by atoms with van der Waals surface area (Å²) in [4.78, 5) is 10.7. The summed E-state index contributed by atoms with van der Waals surface area (Å²) in [6.07, 6.45) is 0.736. The minimum atomic E-state index is -0.353. The zero-order valence-corrected chi connectivity index (χ0v) is 7.58. The second kappa shape index (κ2) is 3.49. The van der Waals surface area contributed by atoms with Gasteiger partial charge >= 0.3 is 0 Å². The monoisotopic (exact) mass is 190 g/mol. The van der Waals surface area contributed by atoms with Crippen LogP contribution < -0.4 is 5.73 Å². The van der Waals surface area contributed by atoms with E-state index in [4.69, 9.17) is 7.10 Å². The second-order valence-corrected chi connectivity index (χ2v) is 3.10. The summed E-state index contributed by atoms with van der Waals surface area (Å²) in [7, 11) is 0. The van der Waals surface area contributed by atoms with Crippen LogP contribution in [0.25, 0.3) is 10.9 Å². The van der Waals surface area contributed by atoms with Gasteiger partial charge in [0.2, 0.25) is 5.91 Å². The predicted molar refractivity (Wildman–Crippen MR) is 53.6 cm³/mol. The number of fused-ring (bicyclic) bond motifs is 1. The number of aryl methyl sites for hydroxylation is 1. The number of nitrogens with one attached hydrogen (secondary N) is 1. The van der Waals surface area contributed by atoms with Gasteiger partial charge in [-0.05, 0) is 6.07 Å². The molecule has 0 aliphatic heterocycles. The Morgan fingerprint density at radius 3 is 3.29 bits per heavy atom. The number of nitrogens with zero attached hydrogens (tertiary/aromatic N) is 1. The number of rotatable bonds is 3. The van der Waals surface area contributed by atoms with Crippen LogP contribution in [0.2, 0.25) is 0 Å². The normalized spacial score (nSPS) is 11.6. The van der Waals surface area contributed by atoms with Crippen LogP contribution in [0.5, 0.6) is 0 Å². The Hall–Kier alpha value is -1.84. The Morgan fingerprint density at radius 2 is 2.50 bits per heavy atom. The quantitative estimate of drug-likeness (QED) is 0.757. The maximum absolute atomic E-state index is 10.7. The van der Waals surface area contributed by atoms with E-state index in [2.05, 4.69) is 10.2 Å². The van der Waals surface area contributed by atoms with E-state index in [9.17, 15) is 4.79 Å². The number of hydrogen-bond donors (Lipinski definition) is 2. The third-order valence-corrected chi connectivity index (χ3v) is 2.06. The lowest BCUT2D eigenvalue weighted by molar-refractivity contribution is -0.117. The Kier molecular flexibility index (Phi) is 1.88. The molecular formula is C10H11N3O. The van der Waals surface area contributed by atoms with E-state index in [0.29, 0.717) is 12.5 Å². The van der Waals surface area contributed by atoms with Gasteiger partial charge in [-0.25, -0.2) is 0 Å². The maximum atomic E-state index is 10.7. The van der Waals surface area contributed by atoms with Crippen LogP contribution in [-0.4, -0.2) is 16.1 Å². The summed E-state index contributed by atoms with van der Waals surface area (Å²) >= 11 is 0. The van der Waals surface area contributed by atoms with E-state index >= 15 is 0 Å². The molecule has 0 atom stereocenters. The van der Waals surface area contributed by atoms with Crippen molar-refractivity contribution in [3.05, 3.63) is 29.9 Å². The summed E-state index contributed by atoms with van der Waals surface area (Å²) < 4.78 is 7.73. The molecule has 2 aromatic rings. The molecule has 4 heteroatoms. The van der Waals surface area contributed by atoms with Crippen LogP contribution in [0.4, 0.5) is 0 Å². The fraction of sp³-hybridized carbons (Fsp3) is 0.200. The lowest BCUT2D eigenvalue weighted by Crippen LogP contribution is -2.11. The van der Waals surface area contributed by atoms with Gasteiger partial charge in [0, 0.05) is 18.2 Å². The number of primary amides is 1. The smallest absolute Gasteiger partial charge is 0.217 e. The summed E-state index contributed by atoms with van der Waals surface area (Å²) in [6.45, 7) is 0. The van der Waals surface area contributed by atoms with E-state index in [0.717, 1.165) is 16.6 Å². The zero-order valence-electron chi connectivity index (χ0n) is 8.58. The predicted octanol–water partition coefficient (Wildman–Crippen LogP) is 0.981. The highest BCUT2D eigenvalue weighted by Crippen LogP contribution is 2.15. The minimum Gasteiger partial charge on any atom is -0.370 e. The standard InChI is InChI=1S/C10H11N3O/c11-10(14)6-5-9-7-3-1-2-4-8(7)12-13-9/h1-4H,5-6H2,(H2,11,14)(H,12,13)/i3D. The fourth-order valence-corrected chi connectivity index (χ4v) is 1.37. The summed E-state index contributed by atoms with van der Waals surface area (Å²) in [5, 5.41) is 7.68. The first-order valence-corrected chi connectivity index (χ1v) is 4.39. The lowest BCUT2D eigenvalue weighted by atomic mass is 10.1. The van der Waals surface area contributed by atoms with Crippen molar-refractivity contribution in [2.75, 3.05) is 0 Å². The topological polar surface area (TPSA) is 71.8 Å². The van der Waals surface area contributed by atoms with Gasteiger partial charge in [-0.2, -0.15) is 5.10 Å². The number of hydrogen-bond acceptors (Lipinski definition) is 2. The molecule has 0 aliphatic carbocycles. The molecule has 1 amide bonds. The molecule has 0 radical (unpaired) electrons. The number of benzene rings is 1. The van der Waals surface area contributed by atoms with Crippen molar-refractivity contribution >= 4 is 16.8 Å². The fourth-order valence-electron chi connectivity index (χ4n) is 1.37. The number of amides is 1.